The van der Waals surface area contributed by atoms with Gasteiger partial charge in [-0.3, -0.25) is 0 Å². The van der Waals surface area contributed by atoms with E-state index in [-0.39, 0.29) is 28.8 Å². The largest absolute Gasteiger partial charge is 0.495 e. The van der Waals surface area contributed by atoms with Crippen LogP contribution in [-0.4, -0.2) is 36.6 Å². The molecule has 0 saturated carbocycles. The van der Waals surface area contributed by atoms with Crippen LogP contribution in [0.2, 0.25) is 0 Å². The van der Waals surface area contributed by atoms with Crippen LogP contribution in [0.5, 0.6) is 0 Å². The summed E-state index contributed by atoms with van der Waals surface area (Å²) in [6.45, 7) is 10.1. The van der Waals surface area contributed by atoms with Gasteiger partial charge in [0.1, 0.15) is 34.9 Å². The molecule has 0 aromatic carbocycles. The Bertz CT molecular complexity index is 615. The normalized spacial score (nSPS) is 37.6. The van der Waals surface area contributed by atoms with E-state index in [2.05, 4.69) is 52.0 Å². The molecule has 2 aliphatic carbocycles. The molecular weight excluding hydrogens is 316 g/mol. The number of allylic oxidation sites excluding steroid dienone is 4. The van der Waals surface area contributed by atoms with Gasteiger partial charge in [-0.05, 0) is 37.1 Å². The van der Waals surface area contributed by atoms with Gasteiger partial charge in [0, 0.05) is 5.41 Å². The fourth-order valence-electron chi connectivity index (χ4n) is 4.22. The lowest BCUT2D eigenvalue weighted by Crippen LogP contribution is -2.48. The van der Waals surface area contributed by atoms with Crippen molar-refractivity contribution < 1.29 is 18.9 Å². The van der Waals surface area contributed by atoms with Crippen molar-refractivity contribution in [1.82, 2.24) is 0 Å². The van der Waals surface area contributed by atoms with E-state index in [1.807, 2.05) is 12.2 Å². The first kappa shape index (κ1) is 16.9. The SMILES string of the molecule is CCCOC1=CC=CC2(C(C)(C)C34C=CC=C(OCCC)C3O4)OC12. The summed E-state index contributed by atoms with van der Waals surface area (Å²) in [5.41, 5.74) is -0.999. The van der Waals surface area contributed by atoms with Crippen molar-refractivity contribution >= 4 is 0 Å². The van der Waals surface area contributed by atoms with Crippen molar-refractivity contribution in [1.29, 1.82) is 0 Å². The maximum Gasteiger partial charge on any atom is 0.149 e. The fraction of sp³-hybridized carbons (Fsp3) is 0.619. The van der Waals surface area contributed by atoms with Crippen molar-refractivity contribution in [2.24, 2.45) is 5.41 Å². The van der Waals surface area contributed by atoms with E-state index in [1.165, 1.54) is 0 Å². The maximum absolute atomic E-state index is 6.25. The van der Waals surface area contributed by atoms with Crippen molar-refractivity contribution in [2.75, 3.05) is 13.2 Å². The molecule has 4 unspecified atom stereocenters. The smallest absolute Gasteiger partial charge is 0.149 e. The summed E-state index contributed by atoms with van der Waals surface area (Å²) in [7, 11) is 0. The number of hydrogen-bond acceptors (Lipinski definition) is 4. The Morgan fingerprint density at radius 1 is 0.880 bits per heavy atom. The van der Waals surface area contributed by atoms with E-state index in [9.17, 15) is 0 Å². The third kappa shape index (κ3) is 2.27. The van der Waals surface area contributed by atoms with Gasteiger partial charge in [0.2, 0.25) is 0 Å². The molecule has 0 aromatic heterocycles. The lowest BCUT2D eigenvalue weighted by Gasteiger charge is -2.37. The first-order chi connectivity index (χ1) is 12.0. The Morgan fingerprint density at radius 3 is 1.72 bits per heavy atom. The van der Waals surface area contributed by atoms with Crippen molar-refractivity contribution in [2.45, 2.75) is 63.9 Å². The molecule has 0 radical (unpaired) electrons. The van der Waals surface area contributed by atoms with Gasteiger partial charge in [-0.2, -0.15) is 0 Å². The molecule has 4 heteroatoms. The summed E-state index contributed by atoms with van der Waals surface area (Å²) in [5.74, 6) is 1.87. The molecule has 0 bridgehead atoms. The molecule has 4 rings (SSSR count). The molecule has 2 heterocycles. The Kier molecular flexibility index (Phi) is 3.89. The number of hydrogen-bond donors (Lipinski definition) is 0. The third-order valence-electron chi connectivity index (χ3n) is 5.92. The van der Waals surface area contributed by atoms with Crippen molar-refractivity contribution in [3.8, 4) is 0 Å². The van der Waals surface area contributed by atoms with Crippen LogP contribution >= 0.6 is 0 Å². The van der Waals surface area contributed by atoms with Crippen LogP contribution in [0.25, 0.3) is 0 Å². The second-order valence-electron chi connectivity index (χ2n) is 7.76. The number of fused-ring (bicyclic) bond motifs is 2. The quantitative estimate of drug-likeness (QED) is 0.623. The average molecular weight is 344 g/mol. The molecule has 4 nitrogen and oxygen atoms in total. The van der Waals surface area contributed by atoms with Crippen LogP contribution in [0, 0.1) is 5.41 Å². The second-order valence-corrected chi connectivity index (χ2v) is 7.76. The number of epoxide rings is 2. The minimum Gasteiger partial charge on any atom is -0.495 e. The van der Waals surface area contributed by atoms with E-state index in [0.717, 1.165) is 37.6 Å². The van der Waals surface area contributed by atoms with Crippen LogP contribution in [-0.2, 0) is 18.9 Å². The van der Waals surface area contributed by atoms with Gasteiger partial charge in [0.15, 0.2) is 0 Å². The first-order valence-electron chi connectivity index (χ1n) is 9.42. The lowest BCUT2D eigenvalue weighted by molar-refractivity contribution is 0.0937. The highest BCUT2D eigenvalue weighted by Gasteiger charge is 2.79. The van der Waals surface area contributed by atoms with Crippen LogP contribution in [0.3, 0.4) is 0 Å². The predicted octanol–water partition coefficient (Wildman–Crippen LogP) is 4.05. The van der Waals surface area contributed by atoms with Gasteiger partial charge in [-0.15, -0.1) is 0 Å². The highest BCUT2D eigenvalue weighted by Crippen LogP contribution is 2.67. The first-order valence-corrected chi connectivity index (χ1v) is 9.42. The van der Waals surface area contributed by atoms with E-state index in [0.29, 0.717) is 0 Å². The minimum absolute atomic E-state index is 0.0161. The van der Waals surface area contributed by atoms with Crippen LogP contribution in [0.1, 0.15) is 40.5 Å². The van der Waals surface area contributed by atoms with Crippen molar-refractivity contribution in [3.05, 3.63) is 48.0 Å². The molecule has 4 atom stereocenters. The Hall–Kier alpha value is -1.52. The van der Waals surface area contributed by atoms with E-state index < -0.39 is 0 Å². The van der Waals surface area contributed by atoms with Crippen LogP contribution in [0.15, 0.2) is 48.0 Å². The molecule has 136 valence electrons. The minimum atomic E-state index is -0.378. The Labute approximate surface area is 150 Å². The molecule has 0 amide bonds. The molecule has 0 spiro atoms. The number of rotatable bonds is 8. The second kappa shape index (κ2) is 5.75. The standard InChI is InChI=1S/C21H28O4/c1-5-13-22-15-9-7-11-20(17(15)24-20)19(3,4)21-12-8-10-16(18(21)25-21)23-14-6-2/h7-12,17-18H,5-6,13-14H2,1-4H3. The fourth-order valence-corrected chi connectivity index (χ4v) is 4.22. The molecule has 2 saturated heterocycles. The van der Waals surface area contributed by atoms with E-state index in [1.54, 1.807) is 0 Å². The summed E-state index contributed by atoms with van der Waals surface area (Å²) in [4.78, 5) is 0. The van der Waals surface area contributed by atoms with Gasteiger partial charge in [0.05, 0.1) is 13.2 Å². The predicted molar refractivity (Wildman–Crippen MR) is 95.9 cm³/mol. The topological polar surface area (TPSA) is 43.5 Å². The molecule has 0 N–H and O–H groups in total. The van der Waals surface area contributed by atoms with Gasteiger partial charge < -0.3 is 18.9 Å². The molecular formula is C21H28O4. The summed E-state index contributed by atoms with van der Waals surface area (Å²) in [5, 5.41) is 0. The van der Waals surface area contributed by atoms with E-state index in [4.69, 9.17) is 18.9 Å². The maximum atomic E-state index is 6.25. The van der Waals surface area contributed by atoms with Crippen LogP contribution < -0.4 is 0 Å². The van der Waals surface area contributed by atoms with Gasteiger partial charge in [-0.1, -0.05) is 39.8 Å². The summed E-state index contributed by atoms with van der Waals surface area (Å²) in [6.07, 6.45) is 14.5. The Balaban J connectivity index is 1.55. The molecule has 2 fully saturated rings. The van der Waals surface area contributed by atoms with E-state index >= 15 is 0 Å². The number of ether oxygens (including phenoxy) is 4. The lowest BCUT2D eigenvalue weighted by atomic mass is 9.64. The summed E-state index contributed by atoms with van der Waals surface area (Å²) in [6, 6.07) is 0. The zero-order valence-electron chi connectivity index (χ0n) is 15.6. The summed E-state index contributed by atoms with van der Waals surface area (Å²) >= 11 is 0. The monoisotopic (exact) mass is 344 g/mol. The Morgan fingerprint density at radius 2 is 1.32 bits per heavy atom. The van der Waals surface area contributed by atoms with Gasteiger partial charge in [0.25, 0.3) is 0 Å². The molecule has 2 aliphatic heterocycles. The zero-order chi connectivity index (χ0) is 17.7. The highest BCUT2D eigenvalue weighted by molar-refractivity contribution is 5.47. The molecule has 0 aromatic rings. The highest BCUT2D eigenvalue weighted by atomic mass is 16.7. The van der Waals surface area contributed by atoms with Gasteiger partial charge >= 0.3 is 0 Å². The average Bonchev–Trinajstić information content (AvgIpc) is 3.50. The molecule has 4 aliphatic rings. The third-order valence-corrected chi connectivity index (χ3v) is 5.92. The molecule has 25 heavy (non-hydrogen) atoms. The zero-order valence-corrected chi connectivity index (χ0v) is 15.6. The van der Waals surface area contributed by atoms with Gasteiger partial charge in [-0.25, -0.2) is 0 Å². The summed E-state index contributed by atoms with van der Waals surface area (Å²) < 4.78 is 24.3. The van der Waals surface area contributed by atoms with Crippen LogP contribution in [0.4, 0.5) is 0 Å². The van der Waals surface area contributed by atoms with Crippen molar-refractivity contribution in [3.63, 3.8) is 0 Å².